The van der Waals surface area contributed by atoms with Gasteiger partial charge in [-0.05, 0) is 55.5 Å². The lowest BCUT2D eigenvalue weighted by Gasteiger charge is -2.36. The second-order valence-electron chi connectivity index (χ2n) is 10.8. The van der Waals surface area contributed by atoms with E-state index in [1.54, 1.807) is 29.4 Å². The zero-order valence-electron chi connectivity index (χ0n) is 23.2. The number of carbonyl (C=O) groups is 1. The minimum atomic E-state index is -4.83. The molecule has 0 unspecified atom stereocenters. The van der Waals surface area contributed by atoms with E-state index in [-0.39, 0.29) is 36.0 Å². The molecule has 1 aliphatic heterocycles. The highest BCUT2D eigenvalue weighted by Gasteiger charge is 2.38. The highest BCUT2D eigenvalue weighted by Crippen LogP contribution is 2.38. The Balaban J connectivity index is 1.10. The fourth-order valence-corrected chi connectivity index (χ4v) is 5.51. The van der Waals surface area contributed by atoms with Gasteiger partial charge in [-0.25, -0.2) is 4.39 Å². The maximum atomic E-state index is 13.3. The summed E-state index contributed by atoms with van der Waals surface area (Å²) in [6.45, 7) is 2.38. The topological polar surface area (TPSA) is 101 Å². The van der Waals surface area contributed by atoms with Crippen LogP contribution < -0.4 is 15.0 Å². The third-order valence-corrected chi connectivity index (χ3v) is 7.81. The van der Waals surface area contributed by atoms with Crippen molar-refractivity contribution in [2.75, 3.05) is 36.4 Å². The number of amides is 1. The molecule has 3 aromatic rings. The molecule has 5 rings (SSSR count). The second-order valence-corrected chi connectivity index (χ2v) is 10.8. The molecular formula is C30H31F4N5O4. The van der Waals surface area contributed by atoms with Gasteiger partial charge in [-0.1, -0.05) is 12.1 Å². The minimum absolute atomic E-state index is 0.000861. The highest BCUT2D eigenvalue weighted by molar-refractivity contribution is 5.79. The van der Waals surface area contributed by atoms with Crippen molar-refractivity contribution in [1.82, 2.24) is 9.88 Å². The third-order valence-electron chi connectivity index (χ3n) is 7.81. The number of aromatic nitrogens is 1. The summed E-state index contributed by atoms with van der Waals surface area (Å²) in [6.07, 6.45) is 1.38. The Kier molecular flexibility index (Phi) is 8.97. The van der Waals surface area contributed by atoms with Crippen molar-refractivity contribution in [3.8, 4) is 5.75 Å². The lowest BCUT2D eigenvalue weighted by molar-refractivity contribution is -0.388. The largest absolute Gasteiger partial charge is 0.489 e. The van der Waals surface area contributed by atoms with E-state index in [0.29, 0.717) is 57.6 Å². The number of ether oxygens (including phenoxy) is 1. The van der Waals surface area contributed by atoms with Gasteiger partial charge in [0.1, 0.15) is 17.1 Å². The van der Waals surface area contributed by atoms with E-state index in [4.69, 9.17) is 4.74 Å². The molecular weight excluding hydrogens is 570 g/mol. The van der Waals surface area contributed by atoms with Crippen molar-refractivity contribution in [3.63, 3.8) is 0 Å². The third kappa shape index (κ3) is 7.70. The van der Waals surface area contributed by atoms with Gasteiger partial charge in [0.25, 0.3) is 5.69 Å². The first-order chi connectivity index (χ1) is 20.5. The Bertz CT molecular complexity index is 1440. The summed E-state index contributed by atoms with van der Waals surface area (Å²) in [5.41, 5.74) is -0.392. The van der Waals surface area contributed by atoms with Gasteiger partial charge in [0.15, 0.2) is 0 Å². The zero-order chi connectivity index (χ0) is 30.6. The predicted molar refractivity (Wildman–Crippen MR) is 152 cm³/mol. The van der Waals surface area contributed by atoms with E-state index in [2.05, 4.69) is 15.2 Å². The van der Waals surface area contributed by atoms with Crippen LogP contribution >= 0.6 is 0 Å². The van der Waals surface area contributed by atoms with Crippen LogP contribution in [0.2, 0.25) is 0 Å². The average Bonchev–Trinajstić information content (AvgIpc) is 2.99. The summed E-state index contributed by atoms with van der Waals surface area (Å²) >= 11 is 0. The van der Waals surface area contributed by atoms with Crippen LogP contribution in [0.15, 0.2) is 60.9 Å². The van der Waals surface area contributed by atoms with Crippen LogP contribution in [0.1, 0.15) is 36.8 Å². The van der Waals surface area contributed by atoms with Gasteiger partial charge >= 0.3 is 6.18 Å². The number of benzene rings is 2. The van der Waals surface area contributed by atoms with Gasteiger partial charge in [-0.2, -0.15) is 13.2 Å². The Hall–Kier alpha value is -4.42. The Morgan fingerprint density at radius 2 is 1.70 bits per heavy atom. The van der Waals surface area contributed by atoms with E-state index in [1.165, 1.54) is 18.2 Å². The number of nitrogens with one attached hydrogen (secondary N) is 1. The number of pyridine rings is 1. The summed E-state index contributed by atoms with van der Waals surface area (Å²) in [4.78, 5) is 31.0. The number of halogens is 4. The first-order valence-electron chi connectivity index (χ1n) is 14.1. The maximum absolute atomic E-state index is 13.3. The zero-order valence-corrected chi connectivity index (χ0v) is 23.2. The first-order valence-corrected chi connectivity index (χ1v) is 14.1. The molecule has 9 nitrogen and oxygen atoms in total. The van der Waals surface area contributed by atoms with Crippen LogP contribution in [-0.4, -0.2) is 59.0 Å². The molecule has 1 aliphatic carbocycles. The maximum Gasteiger partial charge on any atom is 0.423 e. The van der Waals surface area contributed by atoms with E-state index in [1.807, 2.05) is 6.07 Å². The van der Waals surface area contributed by atoms with Crippen molar-refractivity contribution in [2.24, 2.45) is 0 Å². The number of hydrogen-bond acceptors (Lipinski definition) is 7. The predicted octanol–water partition coefficient (Wildman–Crippen LogP) is 5.84. The van der Waals surface area contributed by atoms with E-state index < -0.39 is 22.4 Å². The molecule has 13 heteroatoms. The molecule has 1 saturated heterocycles. The van der Waals surface area contributed by atoms with Crippen LogP contribution in [0.4, 0.5) is 34.6 Å². The summed E-state index contributed by atoms with van der Waals surface area (Å²) in [6, 6.07) is 10.7. The fourth-order valence-electron chi connectivity index (χ4n) is 5.51. The molecule has 2 fully saturated rings. The average molecular weight is 602 g/mol. The van der Waals surface area contributed by atoms with E-state index in [9.17, 15) is 32.5 Å². The fraction of sp³-hybridized carbons (Fsp3) is 0.400. The first kappa shape index (κ1) is 30.1. The van der Waals surface area contributed by atoms with Crippen LogP contribution in [0.3, 0.4) is 0 Å². The van der Waals surface area contributed by atoms with Crippen molar-refractivity contribution >= 4 is 23.0 Å². The van der Waals surface area contributed by atoms with E-state index >= 15 is 0 Å². The number of nitro benzene ring substituents is 1. The number of alkyl halides is 3. The molecule has 1 N–H and O–H groups in total. The van der Waals surface area contributed by atoms with E-state index in [0.717, 1.165) is 23.4 Å². The smallest absolute Gasteiger partial charge is 0.423 e. The molecule has 43 heavy (non-hydrogen) atoms. The number of anilines is 2. The molecule has 1 aromatic heterocycles. The lowest BCUT2D eigenvalue weighted by atomic mass is 9.92. The second kappa shape index (κ2) is 12.8. The molecule has 1 amide bonds. The summed E-state index contributed by atoms with van der Waals surface area (Å²) < 4.78 is 59.3. The highest BCUT2D eigenvalue weighted by atomic mass is 19.4. The summed E-state index contributed by atoms with van der Waals surface area (Å²) in [5.74, 6) is 0.287. The van der Waals surface area contributed by atoms with Crippen LogP contribution in [-0.2, 0) is 17.4 Å². The number of rotatable bonds is 8. The van der Waals surface area contributed by atoms with Gasteiger partial charge in [-0.15, -0.1) is 0 Å². The molecule has 228 valence electrons. The monoisotopic (exact) mass is 601 g/mol. The van der Waals surface area contributed by atoms with Crippen molar-refractivity contribution in [1.29, 1.82) is 0 Å². The van der Waals surface area contributed by atoms with Crippen molar-refractivity contribution in [2.45, 2.75) is 50.4 Å². The standard InChI is InChI=1S/C30H31F4N5O4/c31-21-3-1-20(2-4-21)15-29(40)38-13-11-37(12-14-38)24-17-26(19-35-18-24)43-25-8-5-22(6-9-25)36-23-7-10-28(39(41)42)27(16-23)30(32,33)34/h1-4,7,10,16-19,22,25,36H,5-6,8-9,11-15H2. The number of nitro groups is 1. The van der Waals surface area contributed by atoms with Crippen molar-refractivity contribution < 1.29 is 32.0 Å². The minimum Gasteiger partial charge on any atom is -0.489 e. The molecule has 0 bridgehead atoms. The number of carbonyl (C=O) groups excluding carboxylic acids is 1. The summed E-state index contributed by atoms with van der Waals surface area (Å²) in [5, 5.41) is 14.1. The molecule has 0 atom stereocenters. The molecule has 0 spiro atoms. The van der Waals surface area contributed by atoms with Crippen molar-refractivity contribution in [3.05, 3.63) is 88.0 Å². The van der Waals surface area contributed by atoms with Gasteiger partial charge in [0.2, 0.25) is 5.91 Å². The summed E-state index contributed by atoms with van der Waals surface area (Å²) in [7, 11) is 0. The Morgan fingerprint density at radius 1 is 1.00 bits per heavy atom. The Morgan fingerprint density at radius 3 is 2.35 bits per heavy atom. The molecule has 2 aromatic carbocycles. The van der Waals surface area contributed by atoms with Gasteiger partial charge in [0, 0.05) is 50.0 Å². The molecule has 2 aliphatic rings. The normalized spacial score (nSPS) is 19.2. The Labute approximate surface area is 245 Å². The van der Waals surface area contributed by atoms with Crippen LogP contribution in [0.5, 0.6) is 5.75 Å². The van der Waals surface area contributed by atoms with Gasteiger partial charge in [-0.3, -0.25) is 19.9 Å². The molecule has 0 radical (unpaired) electrons. The lowest BCUT2D eigenvalue weighted by Crippen LogP contribution is -2.49. The van der Waals surface area contributed by atoms with Crippen LogP contribution in [0, 0.1) is 15.9 Å². The number of nitrogens with zero attached hydrogens (tertiary/aromatic N) is 4. The number of hydrogen-bond donors (Lipinski definition) is 1. The van der Waals surface area contributed by atoms with Gasteiger partial charge < -0.3 is 19.9 Å². The SMILES string of the molecule is O=C(Cc1ccc(F)cc1)N1CCN(c2cncc(OC3CCC(Nc4ccc([N+](=O)[O-])c(C(F)(F)F)c4)CC3)c2)CC1. The molecule has 2 heterocycles. The number of piperazine rings is 1. The quantitative estimate of drug-likeness (QED) is 0.197. The molecule has 1 saturated carbocycles. The van der Waals surface area contributed by atoms with Crippen LogP contribution in [0.25, 0.3) is 0 Å². The van der Waals surface area contributed by atoms with Gasteiger partial charge in [0.05, 0.1) is 35.5 Å².